The van der Waals surface area contributed by atoms with E-state index in [-0.39, 0.29) is 5.91 Å². The summed E-state index contributed by atoms with van der Waals surface area (Å²) in [6.45, 7) is 2.56. The Morgan fingerprint density at radius 3 is 2.77 bits per heavy atom. The lowest BCUT2D eigenvalue weighted by Gasteiger charge is -2.15. The zero-order valence-electron chi connectivity index (χ0n) is 8.71. The van der Waals surface area contributed by atoms with E-state index in [2.05, 4.69) is 17.3 Å². The van der Waals surface area contributed by atoms with Gasteiger partial charge in [-0.25, -0.2) is 0 Å². The molecule has 1 heterocycles. The quantitative estimate of drug-likeness (QED) is 0.636. The topological polar surface area (TPSA) is 35.6 Å². The van der Waals surface area contributed by atoms with Crippen LogP contribution in [0.15, 0.2) is 0 Å². The fraction of sp³-hybridized carbons (Fsp3) is 0.889. The number of carbonyl (C=O) groups is 1. The van der Waals surface area contributed by atoms with Gasteiger partial charge in [0.05, 0.1) is 6.54 Å². The predicted molar refractivity (Wildman–Crippen MR) is 52.6 cm³/mol. The van der Waals surface area contributed by atoms with E-state index in [1.54, 1.807) is 0 Å². The Morgan fingerprint density at radius 2 is 2.31 bits per heavy atom. The number of nitrogens with one attached hydrogen (secondary N) is 1. The molecule has 0 aromatic carbocycles. The summed E-state index contributed by atoms with van der Waals surface area (Å²) in [7, 11) is 5.89. The van der Waals surface area contributed by atoms with Gasteiger partial charge in [-0.15, -0.1) is 0 Å². The van der Waals surface area contributed by atoms with Crippen molar-refractivity contribution in [2.45, 2.75) is 12.5 Å². The standard InChI is InChI=1S/C9H19N3O/c1-11(2)7-9(13)10-8-4-5-12(3)6-8/h8H,4-7H2,1-3H3,(H,10,13). The molecule has 1 aliphatic rings. The highest BCUT2D eigenvalue weighted by Gasteiger charge is 2.20. The number of hydrogen-bond donors (Lipinski definition) is 1. The summed E-state index contributed by atoms with van der Waals surface area (Å²) in [5.41, 5.74) is 0. The number of hydrogen-bond acceptors (Lipinski definition) is 3. The second-order valence-corrected chi connectivity index (χ2v) is 4.05. The molecule has 1 N–H and O–H groups in total. The lowest BCUT2D eigenvalue weighted by atomic mass is 10.2. The molecule has 4 heteroatoms. The Balaban J connectivity index is 2.21. The fourth-order valence-electron chi connectivity index (χ4n) is 1.61. The lowest BCUT2D eigenvalue weighted by Crippen LogP contribution is -2.41. The van der Waals surface area contributed by atoms with Crippen LogP contribution in [0.25, 0.3) is 0 Å². The van der Waals surface area contributed by atoms with E-state index in [1.165, 1.54) is 0 Å². The van der Waals surface area contributed by atoms with Gasteiger partial charge in [-0.2, -0.15) is 0 Å². The van der Waals surface area contributed by atoms with E-state index in [1.807, 2.05) is 19.0 Å². The van der Waals surface area contributed by atoms with Gasteiger partial charge in [0.1, 0.15) is 0 Å². The number of amides is 1. The molecule has 4 nitrogen and oxygen atoms in total. The minimum absolute atomic E-state index is 0.130. The highest BCUT2D eigenvalue weighted by molar-refractivity contribution is 5.78. The highest BCUT2D eigenvalue weighted by atomic mass is 16.2. The maximum atomic E-state index is 11.3. The van der Waals surface area contributed by atoms with E-state index in [0.29, 0.717) is 12.6 Å². The monoisotopic (exact) mass is 185 g/mol. The van der Waals surface area contributed by atoms with E-state index in [0.717, 1.165) is 19.5 Å². The molecule has 1 unspecified atom stereocenters. The summed E-state index contributed by atoms with van der Waals surface area (Å²) < 4.78 is 0. The molecule has 76 valence electrons. The lowest BCUT2D eigenvalue weighted by molar-refractivity contribution is -0.122. The van der Waals surface area contributed by atoms with Crippen molar-refractivity contribution in [1.82, 2.24) is 15.1 Å². The molecule has 1 amide bonds. The normalized spacial score (nSPS) is 23.8. The zero-order chi connectivity index (χ0) is 9.84. The Hall–Kier alpha value is -0.610. The van der Waals surface area contributed by atoms with Gasteiger partial charge in [0.15, 0.2) is 0 Å². The van der Waals surface area contributed by atoms with Crippen LogP contribution in [0.1, 0.15) is 6.42 Å². The van der Waals surface area contributed by atoms with Gasteiger partial charge in [0.2, 0.25) is 5.91 Å². The van der Waals surface area contributed by atoms with Gasteiger partial charge in [-0.05, 0) is 34.1 Å². The van der Waals surface area contributed by atoms with Crippen molar-refractivity contribution in [3.05, 3.63) is 0 Å². The van der Waals surface area contributed by atoms with Crippen molar-refractivity contribution in [3.63, 3.8) is 0 Å². The summed E-state index contributed by atoms with van der Waals surface area (Å²) in [6, 6.07) is 0.359. The van der Waals surface area contributed by atoms with Crippen molar-refractivity contribution in [2.75, 3.05) is 40.8 Å². The van der Waals surface area contributed by atoms with Crippen LogP contribution in [0.4, 0.5) is 0 Å². The molecule has 0 spiro atoms. The molecule has 13 heavy (non-hydrogen) atoms. The average Bonchev–Trinajstić information content (AvgIpc) is 2.33. The number of rotatable bonds is 3. The summed E-state index contributed by atoms with van der Waals surface area (Å²) in [5, 5.41) is 3.02. The molecule has 0 radical (unpaired) electrons. The summed E-state index contributed by atoms with van der Waals surface area (Å²) >= 11 is 0. The van der Waals surface area contributed by atoms with Crippen LogP contribution >= 0.6 is 0 Å². The molecule has 1 aliphatic heterocycles. The van der Waals surface area contributed by atoms with Crippen LogP contribution in [0.3, 0.4) is 0 Å². The SMILES string of the molecule is CN(C)CC(=O)NC1CCN(C)C1. The molecular formula is C9H19N3O. The summed E-state index contributed by atoms with van der Waals surface area (Å²) in [6.07, 6.45) is 1.08. The van der Waals surface area contributed by atoms with Crippen LogP contribution in [0.2, 0.25) is 0 Å². The van der Waals surface area contributed by atoms with E-state index in [4.69, 9.17) is 0 Å². The molecule has 0 bridgehead atoms. The van der Waals surface area contributed by atoms with Crippen LogP contribution in [-0.2, 0) is 4.79 Å². The second kappa shape index (κ2) is 4.58. The van der Waals surface area contributed by atoms with Crippen LogP contribution in [0.5, 0.6) is 0 Å². The van der Waals surface area contributed by atoms with Gasteiger partial charge >= 0.3 is 0 Å². The van der Waals surface area contributed by atoms with Crippen molar-refractivity contribution in [1.29, 1.82) is 0 Å². The van der Waals surface area contributed by atoms with Crippen molar-refractivity contribution in [3.8, 4) is 0 Å². The predicted octanol–water partition coefficient (Wildman–Crippen LogP) is -0.632. The number of likely N-dealkylation sites (N-methyl/N-ethyl adjacent to an activating group) is 2. The molecule has 1 rings (SSSR count). The largest absolute Gasteiger partial charge is 0.351 e. The van der Waals surface area contributed by atoms with Crippen molar-refractivity contribution < 1.29 is 4.79 Å². The van der Waals surface area contributed by atoms with Gasteiger partial charge in [-0.1, -0.05) is 0 Å². The Kier molecular flexibility index (Phi) is 3.69. The molecule has 0 aromatic heterocycles. The van der Waals surface area contributed by atoms with Gasteiger partial charge in [0, 0.05) is 12.6 Å². The van der Waals surface area contributed by atoms with Crippen LogP contribution in [-0.4, -0.2) is 62.5 Å². The first-order valence-corrected chi connectivity index (χ1v) is 4.70. The summed E-state index contributed by atoms with van der Waals surface area (Å²) in [5.74, 6) is 0.130. The molecule has 0 saturated carbocycles. The first kappa shape index (κ1) is 10.5. The summed E-state index contributed by atoms with van der Waals surface area (Å²) in [4.78, 5) is 15.5. The zero-order valence-corrected chi connectivity index (χ0v) is 8.71. The minimum atomic E-state index is 0.130. The Morgan fingerprint density at radius 1 is 1.62 bits per heavy atom. The molecule has 1 fully saturated rings. The molecular weight excluding hydrogens is 166 g/mol. The Labute approximate surface area is 79.9 Å². The van der Waals surface area contributed by atoms with Crippen LogP contribution < -0.4 is 5.32 Å². The molecule has 1 atom stereocenters. The third-order valence-electron chi connectivity index (χ3n) is 2.22. The van der Waals surface area contributed by atoms with E-state index < -0.39 is 0 Å². The average molecular weight is 185 g/mol. The van der Waals surface area contributed by atoms with Gasteiger partial charge < -0.3 is 15.1 Å². The van der Waals surface area contributed by atoms with E-state index >= 15 is 0 Å². The van der Waals surface area contributed by atoms with E-state index in [9.17, 15) is 4.79 Å². The fourth-order valence-corrected chi connectivity index (χ4v) is 1.61. The molecule has 1 saturated heterocycles. The number of likely N-dealkylation sites (tertiary alicyclic amines) is 1. The van der Waals surface area contributed by atoms with Crippen LogP contribution in [0, 0.1) is 0 Å². The maximum absolute atomic E-state index is 11.3. The molecule has 0 aliphatic carbocycles. The number of nitrogens with zero attached hydrogens (tertiary/aromatic N) is 2. The first-order valence-electron chi connectivity index (χ1n) is 4.70. The maximum Gasteiger partial charge on any atom is 0.234 e. The van der Waals surface area contributed by atoms with Gasteiger partial charge in [-0.3, -0.25) is 4.79 Å². The number of carbonyl (C=O) groups excluding carboxylic acids is 1. The molecule has 0 aromatic rings. The second-order valence-electron chi connectivity index (χ2n) is 4.05. The first-order chi connectivity index (χ1) is 6.08. The third-order valence-corrected chi connectivity index (χ3v) is 2.22. The van der Waals surface area contributed by atoms with Crippen molar-refractivity contribution >= 4 is 5.91 Å². The van der Waals surface area contributed by atoms with Crippen molar-refractivity contribution in [2.24, 2.45) is 0 Å². The Bertz CT molecular complexity index is 182. The third kappa shape index (κ3) is 3.74. The highest BCUT2D eigenvalue weighted by Crippen LogP contribution is 2.05. The van der Waals surface area contributed by atoms with Gasteiger partial charge in [0.25, 0.3) is 0 Å². The smallest absolute Gasteiger partial charge is 0.234 e. The minimum Gasteiger partial charge on any atom is -0.351 e.